The van der Waals surface area contributed by atoms with E-state index in [1.54, 1.807) is 43.3 Å². The lowest BCUT2D eigenvalue weighted by Crippen LogP contribution is -2.25. The van der Waals surface area contributed by atoms with Crippen LogP contribution in [-0.4, -0.2) is 35.3 Å². The molecule has 37 heavy (non-hydrogen) atoms. The zero-order chi connectivity index (χ0) is 26.6. The van der Waals surface area contributed by atoms with Crippen molar-refractivity contribution in [3.8, 4) is 5.75 Å². The molecule has 0 aliphatic heterocycles. The highest BCUT2D eigenvalue weighted by Crippen LogP contribution is 2.31. The van der Waals surface area contributed by atoms with Crippen molar-refractivity contribution in [3.63, 3.8) is 0 Å². The molecule has 4 aromatic rings. The average molecular weight is 541 g/mol. The molecule has 0 spiro atoms. The van der Waals surface area contributed by atoms with E-state index in [9.17, 15) is 23.4 Å². The van der Waals surface area contributed by atoms with Crippen molar-refractivity contribution >= 4 is 42.4 Å². The fourth-order valence-electron chi connectivity index (χ4n) is 3.81. The molecule has 0 bridgehead atoms. The number of fused-ring (bicyclic) bond motifs is 1. The van der Waals surface area contributed by atoms with E-state index in [2.05, 4.69) is 10.3 Å². The number of hydrogen-bond acceptors (Lipinski definition) is 8. The summed E-state index contributed by atoms with van der Waals surface area (Å²) in [7, 11) is -3.39. The lowest BCUT2D eigenvalue weighted by Gasteiger charge is -2.19. The van der Waals surface area contributed by atoms with E-state index in [-0.39, 0.29) is 23.9 Å². The van der Waals surface area contributed by atoms with Gasteiger partial charge in [0.15, 0.2) is 15.0 Å². The molecule has 1 unspecified atom stereocenters. The van der Waals surface area contributed by atoms with Crippen molar-refractivity contribution in [2.45, 2.75) is 44.5 Å². The van der Waals surface area contributed by atoms with Crippen molar-refractivity contribution in [1.29, 1.82) is 0 Å². The molecule has 3 aromatic carbocycles. The Hall–Kier alpha value is -3.31. The Balaban J connectivity index is 1.65. The molecule has 1 atom stereocenters. The molecular weight excluding hydrogens is 512 g/mol. The number of hydrogen-bond donors (Lipinski definition) is 3. The van der Waals surface area contributed by atoms with Gasteiger partial charge in [0.05, 0.1) is 34.1 Å². The second-order valence-electron chi connectivity index (χ2n) is 8.38. The van der Waals surface area contributed by atoms with Crippen LogP contribution in [0.3, 0.4) is 0 Å². The summed E-state index contributed by atoms with van der Waals surface area (Å²) in [5, 5.41) is 22.3. The first-order chi connectivity index (χ1) is 17.8. The predicted octanol–water partition coefficient (Wildman–Crippen LogP) is 4.40. The van der Waals surface area contributed by atoms with E-state index < -0.39 is 21.8 Å². The first-order valence-corrected chi connectivity index (χ1v) is 14.3. The van der Waals surface area contributed by atoms with Gasteiger partial charge in [-0.2, -0.15) is 0 Å². The maximum Gasteiger partial charge on any atom is 0.271 e. The number of aliphatic hydroxyl groups is 2. The molecule has 194 valence electrons. The molecular formula is C27H28N2O6S2. The third-order valence-electron chi connectivity index (χ3n) is 6.03. The Kier molecular flexibility index (Phi) is 8.23. The summed E-state index contributed by atoms with van der Waals surface area (Å²) in [5.74, 6) is -0.00833. The van der Waals surface area contributed by atoms with Gasteiger partial charge in [0.25, 0.3) is 5.91 Å². The second-order valence-corrected chi connectivity index (χ2v) is 11.7. The highest BCUT2D eigenvalue weighted by atomic mass is 32.2. The number of carbonyl (C=O) groups excluding carboxylic acids is 1. The highest BCUT2D eigenvalue weighted by Gasteiger charge is 2.25. The van der Waals surface area contributed by atoms with Gasteiger partial charge in [-0.1, -0.05) is 49.4 Å². The van der Waals surface area contributed by atoms with Crippen LogP contribution in [0.1, 0.15) is 42.2 Å². The standard InChI is InChI=1S/C27H28N2O6S2/c1-3-17-5-9-21(10-6-17)35-25(18-7-11-22(12-8-18)37(33,34)4-2)26(32)29-27-28-23-13-19(15-30)20(16-31)14-24(23)36-27/h5-14,25,30-31H,3-4,15-16H2,1-2H3,(H,28,29,32). The number of nitrogens with zero attached hydrogens (tertiary/aromatic N) is 1. The van der Waals surface area contributed by atoms with Gasteiger partial charge < -0.3 is 14.9 Å². The second kappa shape index (κ2) is 11.4. The van der Waals surface area contributed by atoms with Crippen molar-refractivity contribution in [2.24, 2.45) is 0 Å². The third kappa shape index (κ3) is 5.99. The number of nitrogens with one attached hydrogen (secondary N) is 1. The first-order valence-electron chi connectivity index (χ1n) is 11.8. The zero-order valence-electron chi connectivity index (χ0n) is 20.5. The lowest BCUT2D eigenvalue weighted by atomic mass is 10.1. The molecule has 1 aromatic heterocycles. The molecule has 0 saturated carbocycles. The topological polar surface area (TPSA) is 126 Å². The molecule has 0 aliphatic rings. The Morgan fingerprint density at radius 2 is 1.65 bits per heavy atom. The molecule has 8 nitrogen and oxygen atoms in total. The number of aliphatic hydroxyl groups excluding tert-OH is 2. The van der Waals surface area contributed by atoms with Gasteiger partial charge in [-0.05, 0) is 59.5 Å². The van der Waals surface area contributed by atoms with Gasteiger partial charge in [0, 0.05) is 5.56 Å². The molecule has 4 rings (SSSR count). The first kappa shape index (κ1) is 26.7. The molecule has 3 N–H and O–H groups in total. The fraction of sp³-hybridized carbons (Fsp3) is 0.259. The minimum absolute atomic E-state index is 0.0237. The van der Waals surface area contributed by atoms with Crippen molar-refractivity contribution in [2.75, 3.05) is 11.1 Å². The van der Waals surface area contributed by atoms with Crippen LogP contribution >= 0.6 is 11.3 Å². The Morgan fingerprint density at radius 1 is 1.00 bits per heavy atom. The minimum Gasteiger partial charge on any atom is -0.476 e. The third-order valence-corrected chi connectivity index (χ3v) is 8.71. The minimum atomic E-state index is -3.39. The van der Waals surface area contributed by atoms with E-state index in [4.69, 9.17) is 4.74 Å². The van der Waals surface area contributed by atoms with Crippen LogP contribution in [0.2, 0.25) is 0 Å². The maximum atomic E-state index is 13.4. The van der Waals surface area contributed by atoms with E-state index in [1.165, 1.54) is 23.5 Å². The SMILES string of the molecule is CCc1ccc(OC(C(=O)Nc2nc3cc(CO)c(CO)cc3s2)c2ccc(S(=O)(=O)CC)cc2)cc1. The zero-order valence-corrected chi connectivity index (χ0v) is 22.1. The average Bonchev–Trinajstić information content (AvgIpc) is 3.32. The monoisotopic (exact) mass is 540 g/mol. The highest BCUT2D eigenvalue weighted by molar-refractivity contribution is 7.91. The van der Waals surface area contributed by atoms with Crippen LogP contribution < -0.4 is 10.1 Å². The number of carbonyl (C=O) groups is 1. The molecule has 0 saturated heterocycles. The van der Waals surface area contributed by atoms with Crippen LogP contribution in [-0.2, 0) is 34.3 Å². The largest absolute Gasteiger partial charge is 0.476 e. The van der Waals surface area contributed by atoms with Gasteiger partial charge in [0.1, 0.15) is 5.75 Å². The summed E-state index contributed by atoms with van der Waals surface area (Å²) in [6.07, 6.45) is -0.204. The van der Waals surface area contributed by atoms with Crippen molar-refractivity contribution in [1.82, 2.24) is 4.98 Å². The lowest BCUT2D eigenvalue weighted by molar-refractivity contribution is -0.123. The number of amides is 1. The van der Waals surface area contributed by atoms with E-state index in [0.717, 1.165) is 16.7 Å². The number of thiazole rings is 1. The van der Waals surface area contributed by atoms with E-state index in [1.807, 2.05) is 19.1 Å². The molecule has 0 aliphatic carbocycles. The van der Waals surface area contributed by atoms with Gasteiger partial charge >= 0.3 is 0 Å². The van der Waals surface area contributed by atoms with Gasteiger partial charge in [-0.15, -0.1) is 0 Å². The quantitative estimate of drug-likeness (QED) is 0.272. The number of anilines is 1. The number of aromatic nitrogens is 1. The molecule has 10 heteroatoms. The smallest absolute Gasteiger partial charge is 0.271 e. The van der Waals surface area contributed by atoms with Crippen LogP contribution in [0.15, 0.2) is 65.6 Å². The maximum absolute atomic E-state index is 13.4. The van der Waals surface area contributed by atoms with E-state index in [0.29, 0.717) is 33.1 Å². The Bertz CT molecular complexity index is 1460. The molecule has 0 radical (unpaired) electrons. The van der Waals surface area contributed by atoms with E-state index >= 15 is 0 Å². The fourth-order valence-corrected chi connectivity index (χ4v) is 5.61. The number of benzene rings is 3. The molecule has 1 heterocycles. The summed E-state index contributed by atoms with van der Waals surface area (Å²) in [6, 6.07) is 17.0. The van der Waals surface area contributed by atoms with Crippen LogP contribution in [0.5, 0.6) is 5.75 Å². The van der Waals surface area contributed by atoms with Gasteiger partial charge in [-0.3, -0.25) is 10.1 Å². The van der Waals surface area contributed by atoms with Crippen LogP contribution in [0, 0.1) is 0 Å². The number of aryl methyl sites for hydroxylation is 1. The summed E-state index contributed by atoms with van der Waals surface area (Å²) in [4.78, 5) is 18.1. The number of rotatable bonds is 10. The predicted molar refractivity (Wildman–Crippen MR) is 143 cm³/mol. The summed E-state index contributed by atoms with van der Waals surface area (Å²) >= 11 is 1.24. The normalized spacial score (nSPS) is 12.4. The Morgan fingerprint density at radius 3 is 2.24 bits per heavy atom. The number of sulfone groups is 1. The van der Waals surface area contributed by atoms with Crippen LogP contribution in [0.25, 0.3) is 10.2 Å². The van der Waals surface area contributed by atoms with Crippen LogP contribution in [0.4, 0.5) is 5.13 Å². The summed E-state index contributed by atoms with van der Waals surface area (Å²) in [5.41, 5.74) is 3.36. The number of ether oxygens (including phenoxy) is 1. The Labute approximate surface area is 219 Å². The van der Waals surface area contributed by atoms with Crippen molar-refractivity contribution < 1.29 is 28.2 Å². The summed E-state index contributed by atoms with van der Waals surface area (Å²) in [6.45, 7) is 3.17. The van der Waals surface area contributed by atoms with Gasteiger partial charge in [-0.25, -0.2) is 13.4 Å². The molecule has 0 fully saturated rings. The van der Waals surface area contributed by atoms with Gasteiger partial charge in [0.2, 0.25) is 6.10 Å². The summed E-state index contributed by atoms with van der Waals surface area (Å²) < 4.78 is 31.3. The van der Waals surface area contributed by atoms with Crippen molar-refractivity contribution in [3.05, 3.63) is 82.9 Å². The molecule has 1 amide bonds.